The number of halogens is 2. The van der Waals surface area contributed by atoms with Crippen LogP contribution in [0.1, 0.15) is 13.3 Å². The standard InChI is InChI=1S/C22H29N3S2.2ClH/c1-3-26-18-9-10-22-20(17-18)25(19-7-4-5-8-21(19)27-22)12-6-11-24-15-13-23(2)14-16-24;;/h4-5,7-10,17H,3,6,11-16H2,1-2H3;2*1H. The van der Waals surface area contributed by atoms with E-state index in [4.69, 9.17) is 0 Å². The van der Waals surface area contributed by atoms with Gasteiger partial charge in [0, 0.05) is 47.4 Å². The maximum absolute atomic E-state index is 2.62. The fourth-order valence-electron chi connectivity index (χ4n) is 3.83. The van der Waals surface area contributed by atoms with Crippen LogP contribution in [0.4, 0.5) is 11.4 Å². The van der Waals surface area contributed by atoms with Crippen molar-refractivity contribution in [1.82, 2.24) is 9.80 Å². The first kappa shape index (κ1) is 24.7. The van der Waals surface area contributed by atoms with Crippen LogP contribution in [-0.4, -0.2) is 61.9 Å². The second-order valence-electron chi connectivity index (χ2n) is 7.28. The third kappa shape index (κ3) is 5.99. The smallest absolute Gasteiger partial charge is 0.0564 e. The number of benzene rings is 2. The molecule has 29 heavy (non-hydrogen) atoms. The Morgan fingerprint density at radius 1 is 0.897 bits per heavy atom. The lowest BCUT2D eigenvalue weighted by molar-refractivity contribution is 0.153. The summed E-state index contributed by atoms with van der Waals surface area (Å²) in [5.74, 6) is 1.12. The Labute approximate surface area is 196 Å². The number of hydrogen-bond donors (Lipinski definition) is 0. The molecular weight excluding hydrogens is 441 g/mol. The van der Waals surface area contributed by atoms with Gasteiger partial charge in [0.2, 0.25) is 0 Å². The molecular formula is C22H31Cl2N3S2. The Hall–Kier alpha value is -0.560. The van der Waals surface area contributed by atoms with Crippen molar-refractivity contribution in [3.05, 3.63) is 42.5 Å². The van der Waals surface area contributed by atoms with Crippen molar-refractivity contribution in [2.45, 2.75) is 28.0 Å². The molecule has 1 fully saturated rings. The second-order valence-corrected chi connectivity index (χ2v) is 9.70. The van der Waals surface area contributed by atoms with Gasteiger partial charge in [0.05, 0.1) is 11.4 Å². The van der Waals surface area contributed by atoms with Crippen molar-refractivity contribution in [2.24, 2.45) is 0 Å². The van der Waals surface area contributed by atoms with Gasteiger partial charge < -0.3 is 14.7 Å². The highest BCUT2D eigenvalue weighted by molar-refractivity contribution is 8.00. The van der Waals surface area contributed by atoms with Crippen molar-refractivity contribution in [2.75, 3.05) is 57.0 Å². The van der Waals surface area contributed by atoms with Crippen molar-refractivity contribution in [1.29, 1.82) is 0 Å². The Morgan fingerprint density at radius 2 is 1.62 bits per heavy atom. The molecule has 0 spiro atoms. The summed E-state index contributed by atoms with van der Waals surface area (Å²) in [5, 5.41) is 0. The van der Waals surface area contributed by atoms with Gasteiger partial charge >= 0.3 is 0 Å². The SMILES string of the molecule is CCSc1ccc2c(c1)N(CCCN1CCN(C)CC1)c1ccccc1S2.Cl.Cl. The van der Waals surface area contributed by atoms with E-state index in [2.05, 4.69) is 71.1 Å². The van der Waals surface area contributed by atoms with Crippen LogP contribution in [0.15, 0.2) is 57.2 Å². The van der Waals surface area contributed by atoms with E-state index in [9.17, 15) is 0 Å². The highest BCUT2D eigenvalue weighted by Crippen LogP contribution is 2.48. The molecule has 0 amide bonds. The third-order valence-corrected chi connectivity index (χ3v) is 7.37. The zero-order chi connectivity index (χ0) is 18.6. The average Bonchev–Trinajstić information content (AvgIpc) is 2.69. The number of piperazine rings is 1. The first-order chi connectivity index (χ1) is 13.2. The second kappa shape index (κ2) is 11.7. The van der Waals surface area contributed by atoms with Gasteiger partial charge in [-0.3, -0.25) is 0 Å². The van der Waals surface area contributed by atoms with E-state index in [1.165, 1.54) is 65.2 Å². The molecule has 4 rings (SSSR count). The fraction of sp³-hybridized carbons (Fsp3) is 0.455. The average molecular weight is 473 g/mol. The molecule has 0 aromatic heterocycles. The minimum atomic E-state index is 0. The molecule has 2 heterocycles. The lowest BCUT2D eigenvalue weighted by Gasteiger charge is -2.35. The van der Waals surface area contributed by atoms with Crippen LogP contribution in [0.2, 0.25) is 0 Å². The normalized spacial score (nSPS) is 16.4. The lowest BCUT2D eigenvalue weighted by Crippen LogP contribution is -2.45. The molecule has 2 aliphatic heterocycles. The van der Waals surface area contributed by atoms with E-state index in [1.807, 2.05) is 23.5 Å². The van der Waals surface area contributed by atoms with E-state index < -0.39 is 0 Å². The molecule has 160 valence electrons. The Balaban J connectivity index is 0.00000150. The topological polar surface area (TPSA) is 9.72 Å². The van der Waals surface area contributed by atoms with E-state index >= 15 is 0 Å². The third-order valence-electron chi connectivity index (χ3n) is 5.36. The summed E-state index contributed by atoms with van der Waals surface area (Å²) < 4.78 is 0. The Bertz CT molecular complexity index is 782. The zero-order valence-electron chi connectivity index (χ0n) is 17.2. The van der Waals surface area contributed by atoms with Crippen LogP contribution in [0.3, 0.4) is 0 Å². The van der Waals surface area contributed by atoms with Crippen molar-refractivity contribution in [3.8, 4) is 0 Å². The first-order valence-corrected chi connectivity index (χ1v) is 11.8. The largest absolute Gasteiger partial charge is 0.340 e. The number of nitrogens with zero attached hydrogens (tertiary/aromatic N) is 3. The highest BCUT2D eigenvalue weighted by Gasteiger charge is 2.23. The van der Waals surface area contributed by atoms with Crippen LogP contribution in [-0.2, 0) is 0 Å². The molecule has 7 heteroatoms. The van der Waals surface area contributed by atoms with E-state index in [0.717, 1.165) is 12.3 Å². The molecule has 0 saturated carbocycles. The van der Waals surface area contributed by atoms with Gasteiger partial charge in [-0.1, -0.05) is 30.8 Å². The molecule has 0 bridgehead atoms. The molecule has 0 atom stereocenters. The number of thioether (sulfide) groups is 1. The summed E-state index contributed by atoms with van der Waals surface area (Å²) in [7, 11) is 2.22. The molecule has 2 aromatic carbocycles. The molecule has 0 radical (unpaired) electrons. The fourth-order valence-corrected chi connectivity index (χ4v) is 5.60. The number of anilines is 2. The summed E-state index contributed by atoms with van der Waals surface area (Å²) >= 11 is 3.84. The minimum Gasteiger partial charge on any atom is -0.340 e. The van der Waals surface area contributed by atoms with Crippen molar-refractivity contribution < 1.29 is 0 Å². The van der Waals surface area contributed by atoms with Crippen LogP contribution < -0.4 is 4.90 Å². The van der Waals surface area contributed by atoms with E-state index in [0.29, 0.717) is 0 Å². The number of hydrogen-bond acceptors (Lipinski definition) is 5. The Kier molecular flexibility index (Phi) is 9.99. The maximum Gasteiger partial charge on any atom is 0.0564 e. The zero-order valence-corrected chi connectivity index (χ0v) is 20.4. The predicted octanol–water partition coefficient (Wildman–Crippen LogP) is 5.88. The van der Waals surface area contributed by atoms with Crippen molar-refractivity contribution in [3.63, 3.8) is 0 Å². The van der Waals surface area contributed by atoms with Gasteiger partial charge in [0.25, 0.3) is 0 Å². The summed E-state index contributed by atoms with van der Waals surface area (Å²) in [4.78, 5) is 11.7. The van der Waals surface area contributed by atoms with Gasteiger partial charge in [0.15, 0.2) is 0 Å². The molecule has 2 aliphatic rings. The number of rotatable bonds is 6. The molecule has 0 N–H and O–H groups in total. The summed E-state index contributed by atoms with van der Waals surface area (Å²) in [6.45, 7) is 9.30. The highest BCUT2D eigenvalue weighted by atomic mass is 35.5. The number of likely N-dealkylation sites (N-methyl/N-ethyl adjacent to an activating group) is 1. The van der Waals surface area contributed by atoms with Crippen LogP contribution in [0, 0.1) is 0 Å². The molecule has 1 saturated heterocycles. The molecule has 2 aromatic rings. The summed E-state index contributed by atoms with van der Waals surface area (Å²) in [6, 6.07) is 15.8. The summed E-state index contributed by atoms with van der Waals surface area (Å²) in [5.41, 5.74) is 2.75. The van der Waals surface area contributed by atoms with Gasteiger partial charge in [0.1, 0.15) is 0 Å². The molecule has 3 nitrogen and oxygen atoms in total. The van der Waals surface area contributed by atoms with E-state index in [1.54, 1.807) is 0 Å². The van der Waals surface area contributed by atoms with E-state index in [-0.39, 0.29) is 24.8 Å². The Morgan fingerprint density at radius 3 is 2.38 bits per heavy atom. The van der Waals surface area contributed by atoms with Crippen molar-refractivity contribution >= 4 is 59.7 Å². The van der Waals surface area contributed by atoms with Gasteiger partial charge in [-0.2, -0.15) is 0 Å². The monoisotopic (exact) mass is 471 g/mol. The van der Waals surface area contributed by atoms with Gasteiger partial charge in [-0.05, 0) is 56.1 Å². The first-order valence-electron chi connectivity index (χ1n) is 9.97. The van der Waals surface area contributed by atoms with Crippen LogP contribution >= 0.6 is 48.3 Å². The number of fused-ring (bicyclic) bond motifs is 2. The predicted molar refractivity (Wildman–Crippen MR) is 133 cm³/mol. The summed E-state index contributed by atoms with van der Waals surface area (Å²) in [6.07, 6.45) is 1.20. The molecule has 0 aliphatic carbocycles. The molecule has 0 unspecified atom stereocenters. The minimum absolute atomic E-state index is 0. The maximum atomic E-state index is 2.62. The number of para-hydroxylation sites is 1. The quantitative estimate of drug-likeness (QED) is 0.484. The van der Waals surface area contributed by atoms with Gasteiger partial charge in [-0.15, -0.1) is 36.6 Å². The van der Waals surface area contributed by atoms with Crippen LogP contribution in [0.5, 0.6) is 0 Å². The van der Waals surface area contributed by atoms with Gasteiger partial charge in [-0.25, -0.2) is 0 Å². The lowest BCUT2D eigenvalue weighted by atomic mass is 10.2. The van der Waals surface area contributed by atoms with Crippen LogP contribution in [0.25, 0.3) is 0 Å².